The molecule has 13 heavy (non-hydrogen) atoms. The Morgan fingerprint density at radius 3 is 2.38 bits per heavy atom. The highest BCUT2D eigenvalue weighted by Gasteiger charge is 2.18. The molecule has 4 heteroatoms. The second kappa shape index (κ2) is 3.30. The third-order valence-electron chi connectivity index (χ3n) is 1.74. The molecule has 0 saturated carbocycles. The standard InChI is InChI=1S/C9H9F2NO/c10-6-1-7(11)3-8(2-6)13-9-4-12-5-9/h1-3,9,12H,4-5H2/i9D. The van der Waals surface area contributed by atoms with Gasteiger partial charge in [-0.05, 0) is 0 Å². The van der Waals surface area contributed by atoms with Crippen molar-refractivity contribution in [2.75, 3.05) is 13.1 Å². The maximum atomic E-state index is 12.7. The maximum absolute atomic E-state index is 12.7. The van der Waals surface area contributed by atoms with Gasteiger partial charge in [0.2, 0.25) is 0 Å². The zero-order chi connectivity index (χ0) is 10.2. The minimum Gasteiger partial charge on any atom is -0.488 e. The van der Waals surface area contributed by atoms with Gasteiger partial charge >= 0.3 is 0 Å². The number of rotatable bonds is 2. The molecule has 0 amide bonds. The van der Waals surface area contributed by atoms with Crippen LogP contribution in [-0.2, 0) is 0 Å². The highest BCUT2D eigenvalue weighted by molar-refractivity contribution is 5.24. The third-order valence-corrected chi connectivity index (χ3v) is 1.74. The molecule has 1 aromatic carbocycles. The van der Waals surface area contributed by atoms with Crippen molar-refractivity contribution in [3.05, 3.63) is 29.8 Å². The number of nitrogens with one attached hydrogen (secondary N) is 1. The molecule has 0 unspecified atom stereocenters. The van der Waals surface area contributed by atoms with Crippen LogP contribution in [0.25, 0.3) is 0 Å². The third kappa shape index (κ3) is 1.95. The quantitative estimate of drug-likeness (QED) is 0.752. The monoisotopic (exact) mass is 186 g/mol. The Morgan fingerprint density at radius 1 is 1.31 bits per heavy atom. The topological polar surface area (TPSA) is 21.3 Å². The molecule has 0 bridgehead atoms. The van der Waals surface area contributed by atoms with Gasteiger partial charge in [-0.2, -0.15) is 0 Å². The second-order valence-corrected chi connectivity index (χ2v) is 2.85. The molecule has 1 aliphatic heterocycles. The molecule has 0 aliphatic carbocycles. The largest absolute Gasteiger partial charge is 0.488 e. The molecule has 0 radical (unpaired) electrons. The molecule has 70 valence electrons. The van der Waals surface area contributed by atoms with Gasteiger partial charge in [0.15, 0.2) is 0 Å². The first-order valence-electron chi connectivity index (χ1n) is 4.43. The van der Waals surface area contributed by atoms with Gasteiger partial charge in [0, 0.05) is 31.3 Å². The molecule has 2 nitrogen and oxygen atoms in total. The van der Waals surface area contributed by atoms with Crippen molar-refractivity contribution in [1.29, 1.82) is 0 Å². The fraction of sp³-hybridized carbons (Fsp3) is 0.333. The Kier molecular flexibility index (Phi) is 1.84. The lowest BCUT2D eigenvalue weighted by atomic mass is 10.2. The average Bonchev–Trinajstić information content (AvgIpc) is 1.99. The van der Waals surface area contributed by atoms with Crippen LogP contribution in [0.5, 0.6) is 5.75 Å². The molecular weight excluding hydrogens is 176 g/mol. The average molecular weight is 186 g/mol. The van der Waals surface area contributed by atoms with Crippen LogP contribution in [0.4, 0.5) is 8.78 Å². The summed E-state index contributed by atoms with van der Waals surface area (Å²) in [7, 11) is 0. The number of benzene rings is 1. The minimum atomic E-state index is -1.08. The Bertz CT molecular complexity index is 334. The van der Waals surface area contributed by atoms with Crippen molar-refractivity contribution in [3.8, 4) is 5.75 Å². The van der Waals surface area contributed by atoms with Crippen LogP contribution in [0, 0.1) is 11.6 Å². The van der Waals surface area contributed by atoms with E-state index < -0.39 is 17.7 Å². The van der Waals surface area contributed by atoms with Crippen molar-refractivity contribution < 1.29 is 14.9 Å². The normalized spacial score (nSPS) is 20.3. The summed E-state index contributed by atoms with van der Waals surface area (Å²) in [6, 6.07) is 2.90. The minimum absolute atomic E-state index is 0.0546. The van der Waals surface area contributed by atoms with Gasteiger partial charge in [-0.1, -0.05) is 0 Å². The molecule has 2 rings (SSSR count). The summed E-state index contributed by atoms with van der Waals surface area (Å²) in [4.78, 5) is 0. The second-order valence-electron chi connectivity index (χ2n) is 2.85. The molecule has 1 aliphatic rings. The van der Waals surface area contributed by atoms with E-state index in [2.05, 4.69) is 5.32 Å². The van der Waals surface area contributed by atoms with Crippen molar-refractivity contribution in [3.63, 3.8) is 0 Å². The molecule has 1 N–H and O–H groups in total. The lowest BCUT2D eigenvalue weighted by Crippen LogP contribution is -2.50. The van der Waals surface area contributed by atoms with Gasteiger partial charge in [-0.25, -0.2) is 8.78 Å². The summed E-state index contributed by atoms with van der Waals surface area (Å²) in [6.45, 7) is 0.732. The van der Waals surface area contributed by atoms with Gasteiger partial charge in [0.1, 0.15) is 23.5 Å². The Hall–Kier alpha value is -1.16. The van der Waals surface area contributed by atoms with E-state index in [0.717, 1.165) is 18.2 Å². The Balaban J connectivity index is 2.16. The highest BCUT2D eigenvalue weighted by Crippen LogP contribution is 2.17. The zero-order valence-electron chi connectivity index (χ0n) is 7.81. The van der Waals surface area contributed by atoms with Crippen LogP contribution in [0.15, 0.2) is 18.2 Å². The van der Waals surface area contributed by atoms with Gasteiger partial charge in [-0.15, -0.1) is 0 Å². The molecule has 0 atom stereocenters. The number of halogens is 2. The van der Waals surface area contributed by atoms with Gasteiger partial charge in [0.25, 0.3) is 0 Å². The van der Waals surface area contributed by atoms with Gasteiger partial charge in [0.05, 0.1) is 1.37 Å². The fourth-order valence-corrected chi connectivity index (χ4v) is 1.05. The van der Waals surface area contributed by atoms with Crippen LogP contribution < -0.4 is 10.1 Å². The van der Waals surface area contributed by atoms with Gasteiger partial charge in [-0.3, -0.25) is 0 Å². The molecule has 1 saturated heterocycles. The zero-order valence-corrected chi connectivity index (χ0v) is 6.81. The first-order chi connectivity index (χ1) is 6.57. The number of hydrogen-bond donors (Lipinski definition) is 1. The first-order valence-corrected chi connectivity index (χ1v) is 3.93. The van der Waals surface area contributed by atoms with E-state index in [1.54, 1.807) is 0 Å². The molecule has 0 spiro atoms. The lowest BCUT2D eigenvalue weighted by molar-refractivity contribution is 0.141. The van der Waals surface area contributed by atoms with Crippen LogP contribution in [-0.4, -0.2) is 19.2 Å². The van der Waals surface area contributed by atoms with E-state index in [-0.39, 0.29) is 5.75 Å². The molecule has 1 fully saturated rings. The lowest BCUT2D eigenvalue weighted by Gasteiger charge is -2.27. The summed E-state index contributed by atoms with van der Waals surface area (Å²) in [5.41, 5.74) is 0. The van der Waals surface area contributed by atoms with E-state index in [0.29, 0.717) is 13.1 Å². The molecule has 1 aromatic rings. The summed E-state index contributed by atoms with van der Waals surface area (Å²) in [5, 5.41) is 2.85. The van der Waals surface area contributed by atoms with E-state index in [4.69, 9.17) is 6.11 Å². The molecule has 0 aromatic heterocycles. The molecule has 1 heterocycles. The SMILES string of the molecule is [2H]C1(Oc2cc(F)cc(F)c2)CNC1. The summed E-state index contributed by atoms with van der Waals surface area (Å²) < 4.78 is 38.2. The van der Waals surface area contributed by atoms with E-state index >= 15 is 0 Å². The number of ether oxygens (including phenoxy) is 1. The molecular formula is C9H9F2NO. The van der Waals surface area contributed by atoms with Crippen LogP contribution >= 0.6 is 0 Å². The predicted molar refractivity (Wildman–Crippen MR) is 43.6 cm³/mol. The summed E-state index contributed by atoms with van der Waals surface area (Å²) in [6.07, 6.45) is -1.08. The highest BCUT2D eigenvalue weighted by atomic mass is 19.1. The first kappa shape index (κ1) is 7.26. The Labute approximate surface area is 75.9 Å². The predicted octanol–water partition coefficient (Wildman–Crippen LogP) is 1.32. The smallest absolute Gasteiger partial charge is 0.129 e. The van der Waals surface area contributed by atoms with Crippen molar-refractivity contribution in [2.24, 2.45) is 0 Å². The number of hydrogen-bond acceptors (Lipinski definition) is 2. The summed E-state index contributed by atoms with van der Waals surface area (Å²) >= 11 is 0. The van der Waals surface area contributed by atoms with Crippen molar-refractivity contribution in [1.82, 2.24) is 5.32 Å². The summed E-state index contributed by atoms with van der Waals surface area (Å²) in [5.74, 6) is -1.34. The van der Waals surface area contributed by atoms with Crippen LogP contribution in [0.2, 0.25) is 0 Å². The van der Waals surface area contributed by atoms with Gasteiger partial charge < -0.3 is 10.1 Å². The fourth-order valence-electron chi connectivity index (χ4n) is 1.05. The van der Waals surface area contributed by atoms with Crippen molar-refractivity contribution >= 4 is 0 Å². The van der Waals surface area contributed by atoms with Crippen LogP contribution in [0.3, 0.4) is 0 Å². The van der Waals surface area contributed by atoms with Crippen LogP contribution in [0.1, 0.15) is 1.37 Å². The van der Waals surface area contributed by atoms with E-state index in [9.17, 15) is 8.78 Å². The van der Waals surface area contributed by atoms with E-state index in [1.807, 2.05) is 0 Å². The van der Waals surface area contributed by atoms with Crippen molar-refractivity contribution in [2.45, 2.75) is 6.08 Å². The van der Waals surface area contributed by atoms with E-state index in [1.165, 1.54) is 0 Å². The Morgan fingerprint density at radius 2 is 1.92 bits per heavy atom. The maximum Gasteiger partial charge on any atom is 0.129 e.